The third-order valence-electron chi connectivity index (χ3n) is 5.89. The average Bonchev–Trinajstić information content (AvgIpc) is 3.30. The summed E-state index contributed by atoms with van der Waals surface area (Å²) in [5, 5.41) is 2.50. The van der Waals surface area contributed by atoms with Crippen LogP contribution in [0.2, 0.25) is 0 Å². The molecule has 0 radical (unpaired) electrons. The first-order valence-electron chi connectivity index (χ1n) is 11.9. The van der Waals surface area contributed by atoms with E-state index >= 15 is 0 Å². The lowest BCUT2D eigenvalue weighted by Crippen LogP contribution is -2.46. The molecule has 1 saturated heterocycles. The van der Waals surface area contributed by atoms with Crippen molar-refractivity contribution in [3.05, 3.63) is 59.1 Å². The van der Waals surface area contributed by atoms with Crippen molar-refractivity contribution in [2.75, 3.05) is 13.1 Å². The number of carbonyl (C=O) groups excluding carboxylic acids is 2. The molecule has 2 aromatic heterocycles. The Bertz CT molecular complexity index is 1400. The SMILES string of the molecule is Cc1oc2ccc(OCc3cccnc3C(F)(F)F)cc2c1C(=O)NC1CN(C(=O)OC(C)(C)C)CC1(F)F. The van der Waals surface area contributed by atoms with Crippen LogP contribution in [0, 0.1) is 6.92 Å². The number of carbonyl (C=O) groups is 2. The second kappa shape index (κ2) is 10.0. The molecule has 0 spiro atoms. The van der Waals surface area contributed by atoms with E-state index in [9.17, 15) is 31.5 Å². The number of likely N-dealkylation sites (tertiary alicyclic amines) is 1. The molecule has 3 heterocycles. The van der Waals surface area contributed by atoms with E-state index in [0.717, 1.165) is 11.1 Å². The van der Waals surface area contributed by atoms with Gasteiger partial charge in [0.15, 0.2) is 5.69 Å². The predicted molar refractivity (Wildman–Crippen MR) is 129 cm³/mol. The Morgan fingerprint density at radius 3 is 2.59 bits per heavy atom. The number of hydrogen-bond donors (Lipinski definition) is 1. The van der Waals surface area contributed by atoms with Crippen LogP contribution < -0.4 is 10.1 Å². The summed E-state index contributed by atoms with van der Waals surface area (Å²) >= 11 is 0. The number of aryl methyl sites for hydroxylation is 1. The van der Waals surface area contributed by atoms with Crippen LogP contribution in [-0.4, -0.2) is 52.5 Å². The molecule has 210 valence electrons. The van der Waals surface area contributed by atoms with Crippen LogP contribution >= 0.6 is 0 Å². The molecule has 1 aliphatic heterocycles. The normalized spacial score (nSPS) is 17.4. The fourth-order valence-electron chi connectivity index (χ4n) is 4.17. The van der Waals surface area contributed by atoms with E-state index in [2.05, 4.69) is 10.3 Å². The molecule has 0 saturated carbocycles. The van der Waals surface area contributed by atoms with E-state index in [4.69, 9.17) is 13.9 Å². The Morgan fingerprint density at radius 1 is 1.21 bits per heavy atom. The van der Waals surface area contributed by atoms with Crippen molar-refractivity contribution in [1.82, 2.24) is 15.2 Å². The lowest BCUT2D eigenvalue weighted by molar-refractivity contribution is -0.142. The van der Waals surface area contributed by atoms with Crippen molar-refractivity contribution in [2.45, 2.75) is 58.0 Å². The smallest absolute Gasteiger partial charge is 0.433 e. The Kier molecular flexibility index (Phi) is 7.21. The summed E-state index contributed by atoms with van der Waals surface area (Å²) in [5.74, 6) is -4.03. The molecule has 0 aliphatic carbocycles. The standard InChI is InChI=1S/C26H26F5N3O5/c1-14-20(22(35)33-19-11-34(13-25(19,27)28)23(36)39-24(2,3)4)17-10-16(7-8-18(17)38-14)37-12-15-6-5-9-32-21(15)26(29,30)31/h5-10,19H,11-13H2,1-4H3,(H,33,35). The first kappa shape index (κ1) is 28.1. The quantitative estimate of drug-likeness (QED) is 0.405. The van der Waals surface area contributed by atoms with Crippen molar-refractivity contribution < 1.29 is 45.4 Å². The highest BCUT2D eigenvalue weighted by atomic mass is 19.4. The van der Waals surface area contributed by atoms with Crippen molar-refractivity contribution >= 4 is 23.0 Å². The molecule has 0 bridgehead atoms. The predicted octanol–water partition coefficient (Wildman–Crippen LogP) is 5.72. The van der Waals surface area contributed by atoms with Crippen LogP contribution in [0.5, 0.6) is 5.75 Å². The van der Waals surface area contributed by atoms with Gasteiger partial charge in [0.25, 0.3) is 11.8 Å². The summed E-state index contributed by atoms with van der Waals surface area (Å²) in [5.41, 5.74) is -1.95. The van der Waals surface area contributed by atoms with Gasteiger partial charge in [-0.1, -0.05) is 6.07 Å². The number of fused-ring (bicyclic) bond motifs is 1. The third kappa shape index (κ3) is 6.23. The summed E-state index contributed by atoms with van der Waals surface area (Å²) in [6.07, 6.45) is -4.57. The van der Waals surface area contributed by atoms with Gasteiger partial charge in [-0.25, -0.2) is 13.6 Å². The monoisotopic (exact) mass is 555 g/mol. The molecule has 13 heteroatoms. The fraction of sp³-hybridized carbons (Fsp3) is 0.423. The van der Waals surface area contributed by atoms with Gasteiger partial charge >= 0.3 is 12.3 Å². The second-order valence-electron chi connectivity index (χ2n) is 10.1. The van der Waals surface area contributed by atoms with Crippen molar-refractivity contribution in [3.8, 4) is 5.75 Å². The van der Waals surface area contributed by atoms with E-state index in [0.29, 0.717) is 0 Å². The van der Waals surface area contributed by atoms with Gasteiger partial charge in [0.1, 0.15) is 35.3 Å². The zero-order valence-electron chi connectivity index (χ0n) is 21.5. The first-order chi connectivity index (χ1) is 18.0. The first-order valence-corrected chi connectivity index (χ1v) is 11.9. The number of nitrogens with one attached hydrogen (secondary N) is 1. The zero-order valence-corrected chi connectivity index (χ0v) is 21.5. The lowest BCUT2D eigenvalue weighted by atomic mass is 10.1. The summed E-state index contributed by atoms with van der Waals surface area (Å²) in [6.45, 7) is 4.44. The molecule has 1 fully saturated rings. The van der Waals surface area contributed by atoms with Crippen LogP contribution in [0.3, 0.4) is 0 Å². The Hall–Kier alpha value is -3.90. The van der Waals surface area contributed by atoms with Gasteiger partial charge in [0.05, 0.1) is 18.7 Å². The van der Waals surface area contributed by atoms with Crippen LogP contribution in [-0.2, 0) is 17.5 Å². The number of hydrogen-bond acceptors (Lipinski definition) is 6. The maximum Gasteiger partial charge on any atom is 0.433 e. The molecule has 1 aromatic carbocycles. The number of furan rings is 1. The van der Waals surface area contributed by atoms with E-state index < -0.39 is 61.1 Å². The Morgan fingerprint density at radius 2 is 1.92 bits per heavy atom. The highest BCUT2D eigenvalue weighted by molar-refractivity contribution is 6.07. The van der Waals surface area contributed by atoms with Crippen LogP contribution in [0.25, 0.3) is 11.0 Å². The molecule has 2 amide bonds. The Balaban J connectivity index is 1.53. The van der Waals surface area contributed by atoms with Crippen molar-refractivity contribution in [2.24, 2.45) is 0 Å². The molecular formula is C26H26F5N3O5. The highest BCUT2D eigenvalue weighted by Gasteiger charge is 2.51. The van der Waals surface area contributed by atoms with Gasteiger partial charge in [-0.3, -0.25) is 14.7 Å². The van der Waals surface area contributed by atoms with Gasteiger partial charge in [0, 0.05) is 17.1 Å². The summed E-state index contributed by atoms with van der Waals surface area (Å²) in [6, 6.07) is 5.17. The van der Waals surface area contributed by atoms with E-state index in [-0.39, 0.29) is 33.6 Å². The van der Waals surface area contributed by atoms with E-state index in [1.54, 1.807) is 20.8 Å². The van der Waals surface area contributed by atoms with E-state index in [1.165, 1.54) is 37.3 Å². The number of ether oxygens (including phenoxy) is 2. The number of alkyl halides is 5. The van der Waals surface area contributed by atoms with Gasteiger partial charge < -0.3 is 19.2 Å². The minimum atomic E-state index is -4.67. The Labute approximate surface area is 220 Å². The van der Waals surface area contributed by atoms with Crippen LogP contribution in [0.15, 0.2) is 40.9 Å². The zero-order chi connectivity index (χ0) is 28.8. The molecule has 4 rings (SSSR count). The minimum absolute atomic E-state index is 0.0423. The van der Waals surface area contributed by atoms with Crippen LogP contribution in [0.1, 0.15) is 48.1 Å². The summed E-state index contributed by atoms with van der Waals surface area (Å²) < 4.78 is 85.4. The van der Waals surface area contributed by atoms with E-state index in [1.807, 2.05) is 0 Å². The van der Waals surface area contributed by atoms with Crippen molar-refractivity contribution in [1.29, 1.82) is 0 Å². The highest BCUT2D eigenvalue weighted by Crippen LogP contribution is 2.34. The average molecular weight is 556 g/mol. The second-order valence-corrected chi connectivity index (χ2v) is 10.1. The van der Waals surface area contributed by atoms with Gasteiger partial charge in [0.2, 0.25) is 0 Å². The maximum atomic E-state index is 14.7. The van der Waals surface area contributed by atoms with Crippen molar-refractivity contribution in [3.63, 3.8) is 0 Å². The maximum absolute atomic E-state index is 14.7. The third-order valence-corrected chi connectivity index (χ3v) is 5.89. The molecular weight excluding hydrogens is 529 g/mol. The molecule has 3 aromatic rings. The molecule has 1 aliphatic rings. The number of amides is 2. The molecule has 1 unspecified atom stereocenters. The molecule has 8 nitrogen and oxygen atoms in total. The number of halogens is 5. The topological polar surface area (TPSA) is 93.9 Å². The van der Waals surface area contributed by atoms with Gasteiger partial charge in [-0.15, -0.1) is 0 Å². The van der Waals surface area contributed by atoms with Gasteiger partial charge in [-0.05, 0) is 52.0 Å². The summed E-state index contributed by atoms with van der Waals surface area (Å²) in [4.78, 5) is 29.6. The number of aromatic nitrogens is 1. The molecule has 1 atom stereocenters. The lowest BCUT2D eigenvalue weighted by Gasteiger charge is -2.24. The molecule has 39 heavy (non-hydrogen) atoms. The largest absolute Gasteiger partial charge is 0.489 e. The fourth-order valence-corrected chi connectivity index (χ4v) is 4.17. The summed E-state index contributed by atoms with van der Waals surface area (Å²) in [7, 11) is 0. The number of benzene rings is 1. The number of nitrogens with zero attached hydrogens (tertiary/aromatic N) is 2. The van der Waals surface area contributed by atoms with Crippen LogP contribution in [0.4, 0.5) is 26.7 Å². The number of rotatable bonds is 5. The molecule has 1 N–H and O–H groups in total. The van der Waals surface area contributed by atoms with Gasteiger partial charge in [-0.2, -0.15) is 13.2 Å². The minimum Gasteiger partial charge on any atom is -0.489 e. The number of pyridine rings is 1.